The van der Waals surface area contributed by atoms with Crippen LogP contribution in [-0.4, -0.2) is 14.4 Å². The van der Waals surface area contributed by atoms with Crippen LogP contribution in [0.3, 0.4) is 0 Å². The van der Waals surface area contributed by atoms with E-state index in [4.69, 9.17) is 0 Å². The zero-order valence-electron chi connectivity index (χ0n) is 8.13. The van der Waals surface area contributed by atoms with E-state index in [-0.39, 0.29) is 5.78 Å². The Morgan fingerprint density at radius 1 is 1.20 bits per heavy atom. The van der Waals surface area contributed by atoms with Crippen molar-refractivity contribution >= 4 is 5.78 Å². The number of hydrogen-bond donors (Lipinski definition) is 0. The van der Waals surface area contributed by atoms with Crippen molar-refractivity contribution in [2.45, 2.75) is 20.0 Å². The smallest absolute Gasteiger partial charge is 0.288 e. The molecule has 3 nitrogen and oxygen atoms in total. The molecule has 2 aromatic heterocycles. The molecular weight excluding hydrogens is 207 g/mol. The summed E-state index contributed by atoms with van der Waals surface area (Å²) in [6.45, 7) is 3.43. The number of halogens is 3. The predicted octanol–water partition coefficient (Wildman–Crippen LogP) is 2.36. The third kappa shape index (κ3) is 1.67. The van der Waals surface area contributed by atoms with Crippen molar-refractivity contribution in [3.05, 3.63) is 29.3 Å². The van der Waals surface area contributed by atoms with E-state index in [1.54, 1.807) is 19.9 Å². The monoisotopic (exact) mass is 215 g/mol. The fourth-order valence-electron chi connectivity index (χ4n) is 1.41. The van der Waals surface area contributed by atoms with Gasteiger partial charge in [0.15, 0.2) is 5.69 Å². The fraction of sp³-hybridized carbons (Fsp3) is 0.333. The Bertz CT molecular complexity index is 513. The molecule has 2 aromatic rings. The fourth-order valence-corrected chi connectivity index (χ4v) is 1.41. The third-order valence-corrected chi connectivity index (χ3v) is 2.05. The van der Waals surface area contributed by atoms with Crippen molar-refractivity contribution in [2.24, 2.45) is 0 Å². The van der Waals surface area contributed by atoms with E-state index in [1.807, 2.05) is 0 Å². The van der Waals surface area contributed by atoms with Gasteiger partial charge >= 0.3 is 6.18 Å². The van der Waals surface area contributed by atoms with E-state index >= 15 is 0 Å². The van der Waals surface area contributed by atoms with Gasteiger partial charge in [-0.05, 0) is 19.9 Å². The molecule has 0 atom stereocenters. The average Bonchev–Trinajstić information content (AvgIpc) is 2.46. The number of rotatable bonds is 0. The standard InChI is InChI=1S/C9H8F3N3/c1-5-3-6(2)15-4-7(9(10,11)12)14-8(15)13-5/h3-4H,1-2H3. The second-order valence-electron chi connectivity index (χ2n) is 3.33. The minimum Gasteiger partial charge on any atom is -0.288 e. The summed E-state index contributed by atoms with van der Waals surface area (Å²) in [5.74, 6) is 0.0832. The Hall–Kier alpha value is -1.59. The summed E-state index contributed by atoms with van der Waals surface area (Å²) in [6, 6.07) is 1.70. The van der Waals surface area contributed by atoms with Crippen LogP contribution in [0.1, 0.15) is 17.1 Å². The quantitative estimate of drug-likeness (QED) is 0.675. The van der Waals surface area contributed by atoms with Crippen LogP contribution in [0.4, 0.5) is 13.2 Å². The lowest BCUT2D eigenvalue weighted by atomic mass is 10.3. The molecule has 0 spiro atoms. The van der Waals surface area contributed by atoms with E-state index in [0.717, 1.165) is 6.20 Å². The van der Waals surface area contributed by atoms with E-state index in [9.17, 15) is 13.2 Å². The first-order chi connectivity index (χ1) is 6.88. The Morgan fingerprint density at radius 2 is 1.87 bits per heavy atom. The lowest BCUT2D eigenvalue weighted by Gasteiger charge is -1.99. The van der Waals surface area contributed by atoms with Crippen LogP contribution in [0.5, 0.6) is 0 Å². The molecule has 0 amide bonds. The van der Waals surface area contributed by atoms with Gasteiger partial charge in [-0.1, -0.05) is 0 Å². The Kier molecular flexibility index (Phi) is 1.95. The van der Waals surface area contributed by atoms with Gasteiger partial charge in [0.1, 0.15) is 0 Å². The third-order valence-electron chi connectivity index (χ3n) is 2.05. The van der Waals surface area contributed by atoms with Gasteiger partial charge in [-0.2, -0.15) is 13.2 Å². The first kappa shape index (κ1) is 9.95. The zero-order chi connectivity index (χ0) is 11.2. The normalized spacial score (nSPS) is 12.3. The Morgan fingerprint density at radius 3 is 2.47 bits per heavy atom. The molecule has 0 aliphatic rings. The molecule has 2 rings (SSSR count). The molecule has 0 aliphatic heterocycles. The molecule has 0 saturated heterocycles. The van der Waals surface area contributed by atoms with Crippen molar-refractivity contribution in [3.8, 4) is 0 Å². The van der Waals surface area contributed by atoms with Gasteiger partial charge < -0.3 is 0 Å². The molecule has 0 radical (unpaired) electrons. The number of nitrogens with zero attached hydrogens (tertiary/aromatic N) is 3. The van der Waals surface area contributed by atoms with Crippen LogP contribution in [0, 0.1) is 13.8 Å². The first-order valence-corrected chi connectivity index (χ1v) is 4.28. The van der Waals surface area contributed by atoms with E-state index in [2.05, 4.69) is 9.97 Å². The number of aryl methyl sites for hydroxylation is 2. The maximum Gasteiger partial charge on any atom is 0.434 e. The van der Waals surface area contributed by atoms with Crippen LogP contribution in [0.25, 0.3) is 5.78 Å². The van der Waals surface area contributed by atoms with Gasteiger partial charge in [-0.25, -0.2) is 9.97 Å². The van der Waals surface area contributed by atoms with Crippen molar-refractivity contribution in [2.75, 3.05) is 0 Å². The highest BCUT2D eigenvalue weighted by molar-refractivity contribution is 5.35. The SMILES string of the molecule is Cc1cc(C)n2cc(C(F)(F)F)nc2n1. The summed E-state index contributed by atoms with van der Waals surface area (Å²) in [6.07, 6.45) is -3.47. The van der Waals surface area contributed by atoms with E-state index < -0.39 is 11.9 Å². The predicted molar refractivity (Wildman–Crippen MR) is 47.5 cm³/mol. The number of fused-ring (bicyclic) bond motifs is 1. The first-order valence-electron chi connectivity index (χ1n) is 4.28. The Balaban J connectivity index is 2.71. The molecule has 0 unspecified atom stereocenters. The minimum absolute atomic E-state index is 0.0832. The summed E-state index contributed by atoms with van der Waals surface area (Å²) in [7, 11) is 0. The molecule has 0 aliphatic carbocycles. The minimum atomic E-state index is -4.42. The highest BCUT2D eigenvalue weighted by Gasteiger charge is 2.34. The molecule has 80 valence electrons. The van der Waals surface area contributed by atoms with Crippen LogP contribution in [0.15, 0.2) is 12.3 Å². The molecule has 6 heteroatoms. The summed E-state index contributed by atoms with van der Waals surface area (Å²) in [4.78, 5) is 7.36. The molecule has 2 heterocycles. The zero-order valence-corrected chi connectivity index (χ0v) is 8.13. The van der Waals surface area contributed by atoms with Crippen LogP contribution in [0.2, 0.25) is 0 Å². The highest BCUT2D eigenvalue weighted by atomic mass is 19.4. The second-order valence-corrected chi connectivity index (χ2v) is 3.33. The molecule has 0 fully saturated rings. The van der Waals surface area contributed by atoms with Gasteiger partial charge in [0, 0.05) is 17.6 Å². The maximum atomic E-state index is 12.4. The van der Waals surface area contributed by atoms with Crippen molar-refractivity contribution in [3.63, 3.8) is 0 Å². The number of alkyl halides is 3. The van der Waals surface area contributed by atoms with E-state index in [0.29, 0.717) is 11.4 Å². The van der Waals surface area contributed by atoms with Gasteiger partial charge in [0.05, 0.1) is 0 Å². The van der Waals surface area contributed by atoms with Gasteiger partial charge in [-0.15, -0.1) is 0 Å². The van der Waals surface area contributed by atoms with Crippen LogP contribution >= 0.6 is 0 Å². The lowest BCUT2D eigenvalue weighted by Crippen LogP contribution is -2.04. The molecule has 0 N–H and O–H groups in total. The largest absolute Gasteiger partial charge is 0.434 e. The summed E-state index contributed by atoms with van der Waals surface area (Å²) in [5, 5.41) is 0. The van der Waals surface area contributed by atoms with Gasteiger partial charge in [0.2, 0.25) is 5.78 Å². The number of imidazole rings is 1. The molecule has 0 saturated carbocycles. The molecular formula is C9H8F3N3. The lowest BCUT2D eigenvalue weighted by molar-refractivity contribution is -0.140. The second kappa shape index (κ2) is 2.95. The van der Waals surface area contributed by atoms with Crippen molar-refractivity contribution < 1.29 is 13.2 Å². The molecule has 0 bridgehead atoms. The summed E-state index contributed by atoms with van der Waals surface area (Å²) < 4.78 is 38.4. The molecule has 0 aromatic carbocycles. The van der Waals surface area contributed by atoms with Crippen LogP contribution in [-0.2, 0) is 6.18 Å². The highest BCUT2D eigenvalue weighted by Crippen LogP contribution is 2.28. The van der Waals surface area contributed by atoms with Crippen LogP contribution < -0.4 is 0 Å². The van der Waals surface area contributed by atoms with Gasteiger partial charge in [-0.3, -0.25) is 4.40 Å². The number of aromatic nitrogens is 3. The van der Waals surface area contributed by atoms with Gasteiger partial charge in [0.25, 0.3) is 0 Å². The average molecular weight is 215 g/mol. The molecule has 15 heavy (non-hydrogen) atoms. The van der Waals surface area contributed by atoms with Crippen molar-refractivity contribution in [1.82, 2.24) is 14.4 Å². The maximum absolute atomic E-state index is 12.4. The van der Waals surface area contributed by atoms with Crippen molar-refractivity contribution in [1.29, 1.82) is 0 Å². The summed E-state index contributed by atoms with van der Waals surface area (Å²) >= 11 is 0. The number of hydrogen-bond acceptors (Lipinski definition) is 2. The van der Waals surface area contributed by atoms with E-state index in [1.165, 1.54) is 4.40 Å². The Labute approximate surface area is 83.6 Å². The summed E-state index contributed by atoms with van der Waals surface area (Å²) in [5.41, 5.74) is 0.420. The topological polar surface area (TPSA) is 30.2 Å².